The highest BCUT2D eigenvalue weighted by Crippen LogP contribution is 2.66. The number of hydrogen-bond donors (Lipinski definition) is 0. The minimum Gasteiger partial charge on any atom is -0.497 e. The zero-order valence-electron chi connectivity index (χ0n) is 13.6. The monoisotopic (exact) mass is 367 g/mol. The lowest BCUT2D eigenvalue weighted by Gasteiger charge is -2.30. The maximum absolute atomic E-state index is 14.9. The van der Waals surface area contributed by atoms with E-state index in [0.29, 0.717) is 5.75 Å². The Bertz CT molecular complexity index is 585. The SMILES string of the molecule is CCOP(=O)(OCC)C(F)(F)C(C[N+](=O)[O-])c1ccc(OC)cc1. The van der Waals surface area contributed by atoms with Crippen LogP contribution in [-0.2, 0) is 13.6 Å². The van der Waals surface area contributed by atoms with Gasteiger partial charge in [0, 0.05) is 4.92 Å². The summed E-state index contributed by atoms with van der Waals surface area (Å²) in [5, 5.41) is 10.9. The molecule has 0 radical (unpaired) electrons. The summed E-state index contributed by atoms with van der Waals surface area (Å²) in [5.41, 5.74) is -4.13. The molecule has 1 atom stereocenters. The largest absolute Gasteiger partial charge is 0.497 e. The predicted octanol–water partition coefficient (Wildman–Crippen LogP) is 3.91. The Labute approximate surface area is 138 Å². The molecule has 0 bridgehead atoms. The second kappa shape index (κ2) is 8.50. The van der Waals surface area contributed by atoms with E-state index in [0.717, 1.165) is 0 Å². The fourth-order valence-electron chi connectivity index (χ4n) is 2.14. The van der Waals surface area contributed by atoms with Crippen molar-refractivity contribution in [2.75, 3.05) is 26.9 Å². The Kier molecular flexibility index (Phi) is 7.26. The van der Waals surface area contributed by atoms with Gasteiger partial charge in [0.25, 0.3) is 0 Å². The summed E-state index contributed by atoms with van der Waals surface area (Å²) in [6.45, 7) is 1.10. The third kappa shape index (κ3) is 4.49. The molecule has 0 saturated carbocycles. The second-order valence-corrected chi connectivity index (χ2v) is 6.87. The third-order valence-electron chi connectivity index (χ3n) is 3.23. The van der Waals surface area contributed by atoms with E-state index < -0.39 is 30.6 Å². The average molecular weight is 367 g/mol. The molecule has 0 aliphatic heterocycles. The number of hydrogen-bond acceptors (Lipinski definition) is 6. The van der Waals surface area contributed by atoms with E-state index in [-0.39, 0.29) is 18.8 Å². The summed E-state index contributed by atoms with van der Waals surface area (Å²) in [6, 6.07) is 5.32. The molecule has 10 heteroatoms. The summed E-state index contributed by atoms with van der Waals surface area (Å²) in [5.74, 6) is -1.57. The molecule has 0 N–H and O–H groups in total. The Morgan fingerprint density at radius 1 is 1.21 bits per heavy atom. The molecule has 1 unspecified atom stereocenters. The number of ether oxygens (including phenoxy) is 1. The molecule has 0 saturated heterocycles. The standard InChI is InChI=1S/C14H20F2NO6P/c1-4-22-24(20,23-5-2)14(15,16)13(10-17(18)19)11-6-8-12(21-3)9-7-11/h6-9,13H,4-5,10H2,1-3H3. The third-order valence-corrected chi connectivity index (χ3v) is 5.47. The van der Waals surface area contributed by atoms with Gasteiger partial charge in [-0.25, -0.2) is 0 Å². The van der Waals surface area contributed by atoms with Crippen LogP contribution in [0.3, 0.4) is 0 Å². The lowest BCUT2D eigenvalue weighted by molar-refractivity contribution is -0.487. The van der Waals surface area contributed by atoms with Crippen LogP contribution in [0.5, 0.6) is 5.75 Å². The molecule has 0 spiro atoms. The lowest BCUT2D eigenvalue weighted by Crippen LogP contribution is -2.33. The van der Waals surface area contributed by atoms with Gasteiger partial charge in [0.05, 0.1) is 20.3 Å². The highest BCUT2D eigenvalue weighted by atomic mass is 31.2. The quantitative estimate of drug-likeness (QED) is 0.354. The summed E-state index contributed by atoms with van der Waals surface area (Å²) in [4.78, 5) is 9.99. The van der Waals surface area contributed by atoms with E-state index in [4.69, 9.17) is 13.8 Å². The number of methoxy groups -OCH3 is 1. The zero-order valence-corrected chi connectivity index (χ0v) is 14.5. The number of halogens is 2. The van der Waals surface area contributed by atoms with Gasteiger partial charge < -0.3 is 13.8 Å². The maximum atomic E-state index is 14.9. The van der Waals surface area contributed by atoms with Crippen LogP contribution in [0.15, 0.2) is 24.3 Å². The van der Waals surface area contributed by atoms with E-state index in [9.17, 15) is 23.5 Å². The van der Waals surface area contributed by atoms with E-state index in [1.54, 1.807) is 0 Å². The Morgan fingerprint density at radius 2 is 1.71 bits per heavy atom. The first-order valence-corrected chi connectivity index (χ1v) is 8.78. The molecule has 0 aromatic heterocycles. The highest BCUT2D eigenvalue weighted by molar-refractivity contribution is 7.55. The van der Waals surface area contributed by atoms with Crippen molar-refractivity contribution in [3.8, 4) is 5.75 Å². The van der Waals surface area contributed by atoms with Gasteiger partial charge in [-0.1, -0.05) is 12.1 Å². The molecule has 7 nitrogen and oxygen atoms in total. The summed E-state index contributed by atoms with van der Waals surface area (Å²) in [7, 11) is -3.49. The number of benzene rings is 1. The molecular formula is C14H20F2NO6P. The molecule has 0 aliphatic carbocycles. The molecule has 0 fully saturated rings. The second-order valence-electron chi connectivity index (χ2n) is 4.76. The molecule has 0 amide bonds. The van der Waals surface area contributed by atoms with Gasteiger partial charge in [0.15, 0.2) is 0 Å². The maximum Gasteiger partial charge on any atom is 0.400 e. The normalized spacial score (nSPS) is 13.5. The first-order chi connectivity index (χ1) is 11.2. The smallest absolute Gasteiger partial charge is 0.400 e. The molecule has 0 heterocycles. The van der Waals surface area contributed by atoms with Gasteiger partial charge in [-0.05, 0) is 31.5 Å². The lowest BCUT2D eigenvalue weighted by atomic mass is 9.99. The predicted molar refractivity (Wildman–Crippen MR) is 83.4 cm³/mol. The van der Waals surface area contributed by atoms with Crippen molar-refractivity contribution in [1.29, 1.82) is 0 Å². The Balaban J connectivity index is 3.34. The average Bonchev–Trinajstić information content (AvgIpc) is 2.53. The molecule has 136 valence electrons. The number of rotatable bonds is 10. The molecule has 1 aromatic rings. The van der Waals surface area contributed by atoms with Gasteiger partial charge in [-0.15, -0.1) is 0 Å². The van der Waals surface area contributed by atoms with Crippen molar-refractivity contribution in [1.82, 2.24) is 0 Å². The molecule has 0 aliphatic rings. The molecule has 1 rings (SSSR count). The topological polar surface area (TPSA) is 87.9 Å². The van der Waals surface area contributed by atoms with Crippen molar-refractivity contribution in [2.24, 2.45) is 0 Å². The van der Waals surface area contributed by atoms with E-state index >= 15 is 0 Å². The van der Waals surface area contributed by atoms with Gasteiger partial charge in [0.1, 0.15) is 11.7 Å². The first kappa shape index (κ1) is 20.5. The van der Waals surface area contributed by atoms with Crippen LogP contribution < -0.4 is 4.74 Å². The molecular weight excluding hydrogens is 347 g/mol. The molecule has 1 aromatic carbocycles. The van der Waals surface area contributed by atoms with Gasteiger partial charge in [-0.2, -0.15) is 8.78 Å². The minimum absolute atomic E-state index is 0.0582. The summed E-state index contributed by atoms with van der Waals surface area (Å²) < 4.78 is 56.6. The van der Waals surface area contributed by atoms with Crippen LogP contribution in [0.4, 0.5) is 8.78 Å². The van der Waals surface area contributed by atoms with E-state index in [1.807, 2.05) is 0 Å². The van der Waals surface area contributed by atoms with Crippen molar-refractivity contribution >= 4 is 7.60 Å². The van der Waals surface area contributed by atoms with Gasteiger partial charge >= 0.3 is 13.3 Å². The number of nitrogens with zero attached hydrogens (tertiary/aromatic N) is 1. The molecule has 24 heavy (non-hydrogen) atoms. The van der Waals surface area contributed by atoms with Crippen LogP contribution in [0.1, 0.15) is 25.3 Å². The highest BCUT2D eigenvalue weighted by Gasteiger charge is 2.60. The van der Waals surface area contributed by atoms with Crippen molar-refractivity contribution in [2.45, 2.75) is 25.4 Å². The van der Waals surface area contributed by atoms with Crippen molar-refractivity contribution in [3.05, 3.63) is 39.9 Å². The number of nitro groups is 1. The number of alkyl halides is 2. The van der Waals surface area contributed by atoms with Crippen LogP contribution in [0.2, 0.25) is 0 Å². The van der Waals surface area contributed by atoms with Gasteiger partial charge in [-0.3, -0.25) is 14.7 Å². The minimum atomic E-state index is -4.89. The van der Waals surface area contributed by atoms with E-state index in [2.05, 4.69) is 0 Å². The Hall–Kier alpha value is -1.57. The zero-order chi connectivity index (χ0) is 18.4. The Morgan fingerprint density at radius 3 is 2.08 bits per heavy atom. The first-order valence-electron chi connectivity index (χ1n) is 7.24. The van der Waals surface area contributed by atoms with Crippen LogP contribution >= 0.6 is 7.60 Å². The van der Waals surface area contributed by atoms with Crippen LogP contribution in [0.25, 0.3) is 0 Å². The fourth-order valence-corrected chi connectivity index (χ4v) is 3.85. The van der Waals surface area contributed by atoms with E-state index in [1.165, 1.54) is 45.2 Å². The van der Waals surface area contributed by atoms with Gasteiger partial charge in [0.2, 0.25) is 6.54 Å². The van der Waals surface area contributed by atoms with Crippen LogP contribution in [0, 0.1) is 10.1 Å². The summed E-state index contributed by atoms with van der Waals surface area (Å²) in [6.07, 6.45) is 0. The summed E-state index contributed by atoms with van der Waals surface area (Å²) >= 11 is 0. The van der Waals surface area contributed by atoms with Crippen LogP contribution in [-0.4, -0.2) is 37.5 Å². The van der Waals surface area contributed by atoms with Crippen molar-refractivity contribution in [3.63, 3.8) is 0 Å². The fraction of sp³-hybridized carbons (Fsp3) is 0.571. The van der Waals surface area contributed by atoms with Crippen molar-refractivity contribution < 1.29 is 32.1 Å².